The fourth-order valence-corrected chi connectivity index (χ4v) is 3.87. The maximum absolute atomic E-state index is 12.4. The minimum Gasteiger partial charge on any atom is -0.372 e. The van der Waals surface area contributed by atoms with Crippen molar-refractivity contribution in [1.29, 1.82) is 0 Å². The van der Waals surface area contributed by atoms with E-state index in [1.165, 1.54) is 5.39 Å². The fourth-order valence-electron chi connectivity index (χ4n) is 3.87. The Bertz CT molecular complexity index is 977. The van der Waals surface area contributed by atoms with Crippen LogP contribution in [0.3, 0.4) is 0 Å². The summed E-state index contributed by atoms with van der Waals surface area (Å²) >= 11 is 0. The van der Waals surface area contributed by atoms with Crippen molar-refractivity contribution in [1.82, 2.24) is 10.3 Å². The average molecular weight is 389 g/mol. The zero-order valence-electron chi connectivity index (χ0n) is 17.0. The van der Waals surface area contributed by atoms with E-state index in [0.29, 0.717) is 13.0 Å². The molecule has 0 saturated carbocycles. The van der Waals surface area contributed by atoms with Crippen molar-refractivity contribution in [2.24, 2.45) is 0 Å². The first kappa shape index (κ1) is 19.4. The predicted octanol–water partition coefficient (Wildman–Crippen LogP) is 3.71. The van der Waals surface area contributed by atoms with E-state index in [0.717, 1.165) is 35.4 Å². The van der Waals surface area contributed by atoms with Crippen LogP contribution < -0.4 is 10.2 Å². The lowest BCUT2D eigenvalue weighted by atomic mass is 10.0. The van der Waals surface area contributed by atoms with E-state index in [2.05, 4.69) is 53.3 Å². The molecule has 1 aromatic heterocycles. The van der Waals surface area contributed by atoms with Crippen LogP contribution >= 0.6 is 0 Å². The lowest BCUT2D eigenvalue weighted by Crippen LogP contribution is -2.45. The number of amides is 1. The number of pyridine rings is 1. The highest BCUT2D eigenvalue weighted by atomic mass is 16.5. The third-order valence-electron chi connectivity index (χ3n) is 5.22. The summed E-state index contributed by atoms with van der Waals surface area (Å²) in [5.41, 5.74) is 2.01. The molecule has 3 aromatic rings. The maximum atomic E-state index is 12.4. The van der Waals surface area contributed by atoms with E-state index < -0.39 is 0 Å². The van der Waals surface area contributed by atoms with Crippen molar-refractivity contribution in [3.63, 3.8) is 0 Å². The Morgan fingerprint density at radius 3 is 2.48 bits per heavy atom. The molecule has 0 aliphatic carbocycles. The minimum atomic E-state index is 0.0141. The van der Waals surface area contributed by atoms with E-state index in [1.807, 2.05) is 36.5 Å². The van der Waals surface area contributed by atoms with Crippen molar-refractivity contribution in [2.45, 2.75) is 39.0 Å². The van der Waals surface area contributed by atoms with E-state index >= 15 is 0 Å². The van der Waals surface area contributed by atoms with Gasteiger partial charge in [-0.25, -0.2) is 4.98 Å². The van der Waals surface area contributed by atoms with Crippen LogP contribution in [0, 0.1) is 0 Å². The lowest BCUT2D eigenvalue weighted by Gasteiger charge is -2.36. The molecule has 1 saturated heterocycles. The number of anilines is 1. The highest BCUT2D eigenvalue weighted by Crippen LogP contribution is 2.19. The Labute approximate surface area is 171 Å². The number of benzene rings is 2. The molecule has 1 aliphatic rings. The van der Waals surface area contributed by atoms with Crippen LogP contribution in [-0.4, -0.2) is 36.2 Å². The molecule has 1 aliphatic heterocycles. The third kappa shape index (κ3) is 4.93. The molecule has 0 spiro atoms. The molecule has 2 atom stereocenters. The molecule has 1 fully saturated rings. The molecule has 2 aromatic carbocycles. The van der Waals surface area contributed by atoms with Gasteiger partial charge in [0.15, 0.2) is 0 Å². The number of nitrogens with one attached hydrogen (secondary N) is 1. The molecule has 2 unspecified atom stereocenters. The number of carbonyl (C=O) groups is 1. The summed E-state index contributed by atoms with van der Waals surface area (Å²) in [6.45, 7) is 6.35. The third-order valence-corrected chi connectivity index (χ3v) is 5.22. The second kappa shape index (κ2) is 8.62. The number of ether oxygens (including phenoxy) is 1. The number of nitrogens with zero attached hydrogens (tertiary/aromatic N) is 2. The predicted molar refractivity (Wildman–Crippen MR) is 116 cm³/mol. The van der Waals surface area contributed by atoms with Gasteiger partial charge in [0.1, 0.15) is 5.82 Å². The van der Waals surface area contributed by atoms with Crippen LogP contribution in [0.1, 0.15) is 25.0 Å². The first-order chi connectivity index (χ1) is 14.1. The smallest absolute Gasteiger partial charge is 0.224 e. The molecule has 150 valence electrons. The zero-order chi connectivity index (χ0) is 20.2. The van der Waals surface area contributed by atoms with E-state index in [9.17, 15) is 4.79 Å². The largest absolute Gasteiger partial charge is 0.372 e. The van der Waals surface area contributed by atoms with E-state index in [1.54, 1.807) is 0 Å². The van der Waals surface area contributed by atoms with Crippen LogP contribution in [0.2, 0.25) is 0 Å². The molecule has 5 heteroatoms. The first-order valence-electron chi connectivity index (χ1n) is 10.2. The molecule has 0 bridgehead atoms. The lowest BCUT2D eigenvalue weighted by molar-refractivity contribution is -0.120. The molecular weight excluding hydrogens is 362 g/mol. The Balaban J connectivity index is 1.31. The van der Waals surface area contributed by atoms with Gasteiger partial charge in [0.2, 0.25) is 5.91 Å². The van der Waals surface area contributed by atoms with Gasteiger partial charge in [-0.05, 0) is 41.8 Å². The number of fused-ring (bicyclic) bond motifs is 1. The number of hydrogen-bond donors (Lipinski definition) is 1. The summed E-state index contributed by atoms with van der Waals surface area (Å²) in [5.74, 6) is 0.971. The Morgan fingerprint density at radius 2 is 1.76 bits per heavy atom. The van der Waals surface area contributed by atoms with Crippen LogP contribution in [-0.2, 0) is 22.5 Å². The summed E-state index contributed by atoms with van der Waals surface area (Å²) in [5, 5.41) is 5.34. The standard InChI is InChI=1S/C24H27N3O2/c1-17-15-27(16-18(2)29-17)23-10-8-20(13-25-23)14-26-24(28)12-19-7-9-21-5-3-4-6-22(21)11-19/h3-11,13,17-18H,12,14-16H2,1-2H3,(H,26,28). The van der Waals surface area contributed by atoms with Crippen LogP contribution in [0.5, 0.6) is 0 Å². The Morgan fingerprint density at radius 1 is 1.03 bits per heavy atom. The number of carbonyl (C=O) groups excluding carboxylic acids is 1. The van der Waals surface area contributed by atoms with Crippen LogP contribution in [0.25, 0.3) is 10.8 Å². The van der Waals surface area contributed by atoms with Gasteiger partial charge >= 0.3 is 0 Å². The summed E-state index contributed by atoms with van der Waals surface area (Å²) < 4.78 is 5.78. The summed E-state index contributed by atoms with van der Waals surface area (Å²) in [7, 11) is 0. The summed E-state index contributed by atoms with van der Waals surface area (Å²) in [6.07, 6.45) is 2.63. The topological polar surface area (TPSA) is 54.5 Å². The monoisotopic (exact) mass is 389 g/mol. The molecule has 29 heavy (non-hydrogen) atoms. The maximum Gasteiger partial charge on any atom is 0.224 e. The second-order valence-electron chi connectivity index (χ2n) is 7.82. The summed E-state index contributed by atoms with van der Waals surface area (Å²) in [4.78, 5) is 19.2. The quantitative estimate of drug-likeness (QED) is 0.723. The Kier molecular flexibility index (Phi) is 5.76. The fraction of sp³-hybridized carbons (Fsp3) is 0.333. The highest BCUT2D eigenvalue weighted by molar-refractivity contribution is 5.85. The van der Waals surface area contributed by atoms with E-state index in [-0.39, 0.29) is 18.1 Å². The van der Waals surface area contributed by atoms with Crippen molar-refractivity contribution >= 4 is 22.5 Å². The second-order valence-corrected chi connectivity index (χ2v) is 7.82. The normalized spacial score (nSPS) is 19.3. The van der Waals surface area contributed by atoms with Crippen molar-refractivity contribution < 1.29 is 9.53 Å². The van der Waals surface area contributed by atoms with E-state index in [4.69, 9.17) is 4.74 Å². The van der Waals surface area contributed by atoms with Gasteiger partial charge in [0, 0.05) is 25.8 Å². The van der Waals surface area contributed by atoms with Gasteiger partial charge in [0.05, 0.1) is 18.6 Å². The average Bonchev–Trinajstić information content (AvgIpc) is 2.72. The number of morpholine rings is 1. The first-order valence-corrected chi connectivity index (χ1v) is 10.2. The molecule has 5 nitrogen and oxygen atoms in total. The van der Waals surface area contributed by atoms with Gasteiger partial charge in [0.25, 0.3) is 0 Å². The molecule has 0 radical (unpaired) electrons. The molecule has 1 N–H and O–H groups in total. The van der Waals surface area contributed by atoms with Crippen LogP contribution in [0.15, 0.2) is 60.8 Å². The van der Waals surface area contributed by atoms with Crippen molar-refractivity contribution in [3.05, 3.63) is 71.9 Å². The van der Waals surface area contributed by atoms with Gasteiger partial charge in [-0.3, -0.25) is 4.79 Å². The molecule has 2 heterocycles. The molecule has 1 amide bonds. The minimum absolute atomic E-state index is 0.0141. The zero-order valence-corrected chi connectivity index (χ0v) is 17.0. The molecular formula is C24H27N3O2. The van der Waals surface area contributed by atoms with Crippen molar-refractivity contribution in [3.8, 4) is 0 Å². The van der Waals surface area contributed by atoms with Gasteiger partial charge in [-0.2, -0.15) is 0 Å². The molecule has 4 rings (SSSR count). The van der Waals surface area contributed by atoms with Gasteiger partial charge < -0.3 is 15.0 Å². The number of aromatic nitrogens is 1. The summed E-state index contributed by atoms with van der Waals surface area (Å²) in [6, 6.07) is 18.4. The van der Waals surface area contributed by atoms with Crippen molar-refractivity contribution in [2.75, 3.05) is 18.0 Å². The SMILES string of the molecule is CC1CN(c2ccc(CNC(=O)Cc3ccc4ccccc4c3)cn2)CC(C)O1. The highest BCUT2D eigenvalue weighted by Gasteiger charge is 2.22. The number of hydrogen-bond acceptors (Lipinski definition) is 4. The Hall–Kier alpha value is -2.92. The van der Waals surface area contributed by atoms with Crippen LogP contribution in [0.4, 0.5) is 5.82 Å². The number of rotatable bonds is 5. The van der Waals surface area contributed by atoms with Gasteiger partial charge in [-0.1, -0.05) is 48.5 Å². The van der Waals surface area contributed by atoms with Gasteiger partial charge in [-0.15, -0.1) is 0 Å².